The summed E-state index contributed by atoms with van der Waals surface area (Å²) in [4.78, 5) is 32.8. The fraction of sp³-hybridized carbons (Fsp3) is 0.405. The monoisotopic (exact) mass is 589 g/mol. The topological polar surface area (TPSA) is 80.1 Å². The van der Waals surface area contributed by atoms with Gasteiger partial charge >= 0.3 is 0 Å². The van der Waals surface area contributed by atoms with E-state index in [0.29, 0.717) is 41.7 Å². The fourth-order valence-electron chi connectivity index (χ4n) is 6.28. The molecule has 2 fully saturated rings. The van der Waals surface area contributed by atoms with Gasteiger partial charge in [0.05, 0.1) is 11.8 Å². The maximum absolute atomic E-state index is 13.5. The Kier molecular flexibility index (Phi) is 8.91. The fourth-order valence-corrected chi connectivity index (χ4v) is 6.28. The molecule has 0 unspecified atom stereocenters. The minimum absolute atomic E-state index is 0.00733. The number of amides is 2. The van der Waals surface area contributed by atoms with E-state index in [1.165, 1.54) is 36.0 Å². The summed E-state index contributed by atoms with van der Waals surface area (Å²) in [6, 6.07) is 18.2. The summed E-state index contributed by atoms with van der Waals surface area (Å²) in [5.41, 5.74) is 7.32. The van der Waals surface area contributed by atoms with Crippen LogP contribution in [-0.2, 0) is 13.0 Å². The highest BCUT2D eigenvalue weighted by Crippen LogP contribution is 2.32. The second-order valence-corrected chi connectivity index (χ2v) is 13.1. The Morgan fingerprint density at radius 2 is 1.66 bits per heavy atom. The number of carbonyl (C=O) groups is 2. The van der Waals surface area contributed by atoms with E-state index in [9.17, 15) is 9.59 Å². The van der Waals surface area contributed by atoms with Gasteiger partial charge in [-0.2, -0.15) is 5.10 Å². The van der Waals surface area contributed by atoms with Crippen LogP contribution in [0.25, 0.3) is 11.1 Å². The van der Waals surface area contributed by atoms with Gasteiger partial charge in [0, 0.05) is 54.5 Å². The SMILES string of the molecule is Cc1ccc(C(=O)N2CCC(c3ccc(-c4cnn(CC5CCC5)c4)cc3)CC2)cc1NC(=O)c1ccc(CC(C)C)nc1. The van der Waals surface area contributed by atoms with E-state index < -0.39 is 0 Å². The molecular weight excluding hydrogens is 546 g/mol. The summed E-state index contributed by atoms with van der Waals surface area (Å²) in [5.74, 6) is 1.51. The number of aromatic nitrogens is 3. The van der Waals surface area contributed by atoms with Crippen molar-refractivity contribution in [2.45, 2.75) is 71.8 Å². The van der Waals surface area contributed by atoms with Crippen LogP contribution in [0.3, 0.4) is 0 Å². The third kappa shape index (κ3) is 6.93. The molecule has 2 aromatic carbocycles. The molecule has 1 saturated heterocycles. The minimum Gasteiger partial charge on any atom is -0.339 e. The van der Waals surface area contributed by atoms with Crippen LogP contribution in [0.2, 0.25) is 0 Å². The summed E-state index contributed by atoms with van der Waals surface area (Å²) in [6.07, 6.45) is 12.5. The van der Waals surface area contributed by atoms with Gasteiger partial charge in [-0.05, 0) is 97.7 Å². The van der Waals surface area contributed by atoms with Crippen molar-refractivity contribution in [3.05, 3.63) is 101 Å². The van der Waals surface area contributed by atoms with Crippen LogP contribution in [0.5, 0.6) is 0 Å². The van der Waals surface area contributed by atoms with Gasteiger partial charge in [0.2, 0.25) is 0 Å². The standard InChI is InChI=1S/C37H43N5O2/c1-25(2)19-34-14-13-32(21-38-34)36(43)40-35-20-31(8-7-26(35)3)37(44)41-17-15-30(16-18-41)28-9-11-29(12-10-28)33-22-39-42(24-33)23-27-5-4-6-27/h7-14,20-22,24-25,27,30H,4-6,15-19,23H2,1-3H3,(H,40,43). The van der Waals surface area contributed by atoms with Crippen LogP contribution in [0, 0.1) is 18.8 Å². The molecule has 0 bridgehead atoms. The Bertz CT molecular complexity index is 1590. The van der Waals surface area contributed by atoms with Crippen LogP contribution in [0.1, 0.15) is 89.4 Å². The van der Waals surface area contributed by atoms with Crippen molar-refractivity contribution in [2.24, 2.45) is 11.8 Å². The van der Waals surface area contributed by atoms with E-state index in [2.05, 4.69) is 64.4 Å². The number of hydrogen-bond donors (Lipinski definition) is 1. The molecule has 1 N–H and O–H groups in total. The lowest BCUT2D eigenvalue weighted by atomic mass is 9.85. The molecule has 228 valence electrons. The van der Waals surface area contributed by atoms with Crippen molar-refractivity contribution in [3.8, 4) is 11.1 Å². The number of rotatable bonds is 9. The predicted octanol–water partition coefficient (Wildman–Crippen LogP) is 7.52. The van der Waals surface area contributed by atoms with Crippen LogP contribution in [0.4, 0.5) is 5.69 Å². The number of likely N-dealkylation sites (tertiary alicyclic amines) is 1. The third-order valence-electron chi connectivity index (χ3n) is 9.24. The Hall–Kier alpha value is -4.26. The molecule has 0 radical (unpaired) electrons. The van der Waals surface area contributed by atoms with Crippen LogP contribution in [0.15, 0.2) is 73.2 Å². The van der Waals surface area contributed by atoms with Crippen molar-refractivity contribution in [3.63, 3.8) is 0 Å². The number of aryl methyl sites for hydroxylation is 1. The number of carbonyl (C=O) groups excluding carboxylic acids is 2. The smallest absolute Gasteiger partial charge is 0.257 e. The zero-order chi connectivity index (χ0) is 30.6. The van der Waals surface area contributed by atoms with Gasteiger partial charge in [-0.3, -0.25) is 19.3 Å². The molecule has 4 aromatic rings. The van der Waals surface area contributed by atoms with Gasteiger partial charge in [0.15, 0.2) is 0 Å². The molecule has 2 aliphatic rings. The molecule has 3 heterocycles. The zero-order valence-electron chi connectivity index (χ0n) is 26.1. The molecule has 2 aromatic heterocycles. The summed E-state index contributed by atoms with van der Waals surface area (Å²) >= 11 is 0. The summed E-state index contributed by atoms with van der Waals surface area (Å²) in [7, 11) is 0. The van der Waals surface area contributed by atoms with Gasteiger partial charge < -0.3 is 10.2 Å². The highest BCUT2D eigenvalue weighted by atomic mass is 16.2. The van der Waals surface area contributed by atoms with Crippen molar-refractivity contribution >= 4 is 17.5 Å². The third-order valence-corrected chi connectivity index (χ3v) is 9.24. The van der Waals surface area contributed by atoms with Gasteiger partial charge in [-0.1, -0.05) is 50.6 Å². The van der Waals surface area contributed by atoms with Gasteiger partial charge in [0.25, 0.3) is 11.8 Å². The molecule has 1 aliphatic carbocycles. The van der Waals surface area contributed by atoms with Crippen molar-refractivity contribution in [2.75, 3.05) is 18.4 Å². The summed E-state index contributed by atoms with van der Waals surface area (Å²) < 4.78 is 2.09. The number of hydrogen-bond acceptors (Lipinski definition) is 4. The molecule has 44 heavy (non-hydrogen) atoms. The van der Waals surface area contributed by atoms with E-state index in [4.69, 9.17) is 0 Å². The average Bonchev–Trinajstić information content (AvgIpc) is 3.49. The molecule has 7 heteroatoms. The first-order valence-corrected chi connectivity index (χ1v) is 16.1. The Labute approximate surface area is 260 Å². The lowest BCUT2D eigenvalue weighted by Crippen LogP contribution is -2.38. The molecule has 7 nitrogen and oxygen atoms in total. The highest BCUT2D eigenvalue weighted by Gasteiger charge is 2.25. The first kappa shape index (κ1) is 29.8. The molecule has 6 rings (SSSR count). The number of pyridine rings is 1. The molecule has 0 atom stereocenters. The van der Waals surface area contributed by atoms with Crippen LogP contribution < -0.4 is 5.32 Å². The van der Waals surface area contributed by atoms with Crippen molar-refractivity contribution in [1.29, 1.82) is 0 Å². The normalized spacial score (nSPS) is 15.8. The number of nitrogens with zero attached hydrogens (tertiary/aromatic N) is 4. The second kappa shape index (κ2) is 13.2. The summed E-state index contributed by atoms with van der Waals surface area (Å²) in [6.45, 7) is 8.68. The number of benzene rings is 2. The summed E-state index contributed by atoms with van der Waals surface area (Å²) in [5, 5.41) is 7.57. The first-order chi connectivity index (χ1) is 21.3. The number of anilines is 1. The quantitative estimate of drug-likeness (QED) is 0.219. The van der Waals surface area contributed by atoms with Gasteiger partial charge in [-0.25, -0.2) is 0 Å². The maximum Gasteiger partial charge on any atom is 0.257 e. The molecule has 0 spiro atoms. The predicted molar refractivity (Wildman–Crippen MR) is 175 cm³/mol. The largest absolute Gasteiger partial charge is 0.339 e. The second-order valence-electron chi connectivity index (χ2n) is 13.1. The van der Waals surface area contributed by atoms with Crippen molar-refractivity contribution < 1.29 is 9.59 Å². The van der Waals surface area contributed by atoms with E-state index in [-0.39, 0.29) is 11.8 Å². The molecule has 1 aliphatic heterocycles. The highest BCUT2D eigenvalue weighted by molar-refractivity contribution is 6.05. The van der Waals surface area contributed by atoms with E-state index >= 15 is 0 Å². The van der Waals surface area contributed by atoms with Crippen molar-refractivity contribution in [1.82, 2.24) is 19.7 Å². The van der Waals surface area contributed by atoms with E-state index in [0.717, 1.165) is 43.0 Å². The molecular formula is C37H43N5O2. The molecule has 1 saturated carbocycles. The lowest BCUT2D eigenvalue weighted by Gasteiger charge is -2.32. The Balaban J connectivity index is 1.04. The van der Waals surface area contributed by atoms with E-state index in [1.54, 1.807) is 12.3 Å². The van der Waals surface area contributed by atoms with E-state index in [1.807, 2.05) is 42.3 Å². The van der Waals surface area contributed by atoms with Crippen LogP contribution in [-0.4, -0.2) is 44.6 Å². The van der Waals surface area contributed by atoms with Gasteiger partial charge in [-0.15, -0.1) is 0 Å². The van der Waals surface area contributed by atoms with Gasteiger partial charge in [0.1, 0.15) is 0 Å². The lowest BCUT2D eigenvalue weighted by molar-refractivity contribution is 0.0712. The zero-order valence-corrected chi connectivity index (χ0v) is 26.1. The average molecular weight is 590 g/mol. The Morgan fingerprint density at radius 3 is 2.32 bits per heavy atom. The Morgan fingerprint density at radius 1 is 0.909 bits per heavy atom. The number of piperidine rings is 1. The first-order valence-electron chi connectivity index (χ1n) is 16.1. The molecule has 2 amide bonds. The maximum atomic E-state index is 13.5. The minimum atomic E-state index is -0.226. The van der Waals surface area contributed by atoms with Crippen LogP contribution >= 0.6 is 0 Å². The number of nitrogens with one attached hydrogen (secondary N) is 1.